The van der Waals surface area contributed by atoms with Gasteiger partial charge in [0.2, 0.25) is 5.91 Å². The molecule has 1 fully saturated rings. The van der Waals surface area contributed by atoms with Crippen LogP contribution in [-0.4, -0.2) is 39.5 Å². The minimum atomic E-state index is -0.896. The summed E-state index contributed by atoms with van der Waals surface area (Å²) in [5, 5.41) is 20.0. The highest BCUT2D eigenvalue weighted by Gasteiger charge is 2.36. The van der Waals surface area contributed by atoms with Gasteiger partial charge in [-0.15, -0.1) is 0 Å². The molecule has 1 saturated heterocycles. The van der Waals surface area contributed by atoms with Gasteiger partial charge in [0.1, 0.15) is 6.10 Å². The van der Waals surface area contributed by atoms with Crippen molar-refractivity contribution in [2.45, 2.75) is 57.8 Å². The Morgan fingerprint density at radius 2 is 2.20 bits per heavy atom. The molecule has 0 aromatic rings. The summed E-state index contributed by atoms with van der Waals surface area (Å²) in [7, 11) is 0. The Kier molecular flexibility index (Phi) is 4.45. The fraction of sp³-hybridized carbons (Fsp3) is 0.714. The molecule has 6 nitrogen and oxygen atoms in total. The van der Waals surface area contributed by atoms with Crippen LogP contribution in [0.15, 0.2) is 12.2 Å². The van der Waals surface area contributed by atoms with E-state index in [0.717, 1.165) is 5.06 Å². The van der Waals surface area contributed by atoms with E-state index in [1.54, 1.807) is 6.92 Å². The van der Waals surface area contributed by atoms with Crippen molar-refractivity contribution >= 4 is 11.9 Å². The van der Waals surface area contributed by atoms with Crippen molar-refractivity contribution < 1.29 is 24.6 Å². The van der Waals surface area contributed by atoms with Crippen molar-refractivity contribution in [3.8, 4) is 0 Å². The van der Waals surface area contributed by atoms with Gasteiger partial charge in [0.15, 0.2) is 6.23 Å². The van der Waals surface area contributed by atoms with E-state index in [2.05, 4.69) is 0 Å². The maximum absolute atomic E-state index is 11.6. The lowest BCUT2D eigenvalue weighted by molar-refractivity contribution is -0.234. The van der Waals surface area contributed by atoms with Crippen molar-refractivity contribution in [2.24, 2.45) is 5.41 Å². The number of rotatable bonds is 3. The molecule has 0 aromatic heterocycles. The van der Waals surface area contributed by atoms with Crippen molar-refractivity contribution in [2.75, 3.05) is 0 Å². The second-order valence-electron chi connectivity index (χ2n) is 5.75. The van der Waals surface area contributed by atoms with Crippen LogP contribution in [0.3, 0.4) is 0 Å². The summed E-state index contributed by atoms with van der Waals surface area (Å²) in [6, 6.07) is 0. The Morgan fingerprint density at radius 3 is 2.80 bits per heavy atom. The molecule has 0 aromatic carbocycles. The largest absolute Gasteiger partial charge is 0.481 e. The Labute approximate surface area is 118 Å². The number of carboxylic acid groups (broad SMARTS) is 1. The van der Waals surface area contributed by atoms with Crippen molar-refractivity contribution in [1.82, 2.24) is 5.06 Å². The van der Waals surface area contributed by atoms with Crippen molar-refractivity contribution in [3.05, 3.63) is 12.2 Å². The zero-order chi connectivity index (χ0) is 14.8. The maximum atomic E-state index is 11.6. The van der Waals surface area contributed by atoms with Crippen LogP contribution >= 0.6 is 0 Å². The van der Waals surface area contributed by atoms with Gasteiger partial charge < -0.3 is 10.2 Å². The van der Waals surface area contributed by atoms with E-state index < -0.39 is 17.6 Å². The second-order valence-corrected chi connectivity index (χ2v) is 5.75. The SMILES string of the molecule is C[C@@]1(C(=O)O)CC/C=C/[C@H](ON2C(=O)CCC2O)CC1. The van der Waals surface area contributed by atoms with E-state index in [1.165, 1.54) is 0 Å². The molecule has 20 heavy (non-hydrogen) atoms. The minimum absolute atomic E-state index is 0.228. The van der Waals surface area contributed by atoms with Crippen LogP contribution in [0.4, 0.5) is 0 Å². The van der Waals surface area contributed by atoms with Gasteiger partial charge in [0.05, 0.1) is 5.41 Å². The molecule has 3 atom stereocenters. The number of aliphatic hydroxyl groups is 1. The molecule has 2 rings (SSSR count). The molecule has 112 valence electrons. The number of nitrogens with zero attached hydrogens (tertiary/aromatic N) is 1. The van der Waals surface area contributed by atoms with Crippen LogP contribution in [0.1, 0.15) is 45.4 Å². The summed E-state index contributed by atoms with van der Waals surface area (Å²) in [5.74, 6) is -1.03. The second kappa shape index (κ2) is 5.93. The summed E-state index contributed by atoms with van der Waals surface area (Å²) in [6.07, 6.45) is 5.38. The molecule has 0 saturated carbocycles. The van der Waals surface area contributed by atoms with Crippen LogP contribution in [0.5, 0.6) is 0 Å². The number of carbonyl (C=O) groups excluding carboxylic acids is 1. The third kappa shape index (κ3) is 3.19. The smallest absolute Gasteiger partial charge is 0.309 e. The Morgan fingerprint density at radius 1 is 1.45 bits per heavy atom. The van der Waals surface area contributed by atoms with Gasteiger partial charge in [-0.3, -0.25) is 14.4 Å². The predicted molar refractivity (Wildman–Crippen MR) is 70.3 cm³/mol. The number of aliphatic carboxylic acids is 1. The van der Waals surface area contributed by atoms with Gasteiger partial charge in [0.25, 0.3) is 0 Å². The van der Waals surface area contributed by atoms with Gasteiger partial charge in [-0.2, -0.15) is 5.06 Å². The molecule has 1 amide bonds. The predicted octanol–water partition coefficient (Wildman–Crippen LogP) is 1.45. The number of hydrogen-bond donors (Lipinski definition) is 2. The summed E-state index contributed by atoms with van der Waals surface area (Å²) in [5.41, 5.74) is -0.764. The summed E-state index contributed by atoms with van der Waals surface area (Å²) in [4.78, 5) is 28.4. The summed E-state index contributed by atoms with van der Waals surface area (Å²) in [6.45, 7) is 1.74. The van der Waals surface area contributed by atoms with E-state index in [4.69, 9.17) is 4.84 Å². The summed E-state index contributed by atoms with van der Waals surface area (Å²) < 4.78 is 0. The van der Waals surface area contributed by atoms with E-state index in [1.807, 2.05) is 12.2 Å². The zero-order valence-electron chi connectivity index (χ0n) is 11.6. The van der Waals surface area contributed by atoms with Gasteiger partial charge >= 0.3 is 5.97 Å². The van der Waals surface area contributed by atoms with Crippen LogP contribution in [0, 0.1) is 5.41 Å². The number of carbonyl (C=O) groups is 2. The molecule has 0 radical (unpaired) electrons. The first-order valence-corrected chi connectivity index (χ1v) is 6.99. The minimum Gasteiger partial charge on any atom is -0.481 e. The first-order valence-electron chi connectivity index (χ1n) is 6.99. The molecular formula is C14H21NO5. The van der Waals surface area contributed by atoms with E-state index in [0.29, 0.717) is 32.1 Å². The Hall–Kier alpha value is -1.40. The van der Waals surface area contributed by atoms with E-state index >= 15 is 0 Å². The Bertz CT molecular complexity index is 422. The maximum Gasteiger partial charge on any atom is 0.309 e. The Balaban J connectivity index is 2.00. The highest BCUT2D eigenvalue weighted by Crippen LogP contribution is 2.33. The van der Waals surface area contributed by atoms with Crippen molar-refractivity contribution in [1.29, 1.82) is 0 Å². The molecule has 1 aliphatic carbocycles. The van der Waals surface area contributed by atoms with Crippen LogP contribution in [0.25, 0.3) is 0 Å². The van der Waals surface area contributed by atoms with Gasteiger partial charge in [-0.05, 0) is 32.6 Å². The fourth-order valence-electron chi connectivity index (χ4n) is 2.55. The van der Waals surface area contributed by atoms with Crippen LogP contribution < -0.4 is 0 Å². The molecule has 2 aliphatic rings. The monoisotopic (exact) mass is 283 g/mol. The number of carboxylic acids is 1. The average Bonchev–Trinajstić information content (AvgIpc) is 2.69. The highest BCUT2D eigenvalue weighted by molar-refractivity contribution is 5.77. The average molecular weight is 283 g/mol. The molecule has 1 aliphatic heterocycles. The van der Waals surface area contributed by atoms with Gasteiger partial charge in [-0.1, -0.05) is 12.2 Å². The number of allylic oxidation sites excluding steroid dienone is 1. The number of hydrogen-bond acceptors (Lipinski definition) is 4. The quantitative estimate of drug-likeness (QED) is 0.765. The third-order valence-electron chi connectivity index (χ3n) is 4.09. The first-order chi connectivity index (χ1) is 9.42. The fourth-order valence-corrected chi connectivity index (χ4v) is 2.55. The normalized spacial score (nSPS) is 36.5. The molecule has 2 N–H and O–H groups in total. The summed E-state index contributed by atoms with van der Waals surface area (Å²) >= 11 is 0. The third-order valence-corrected chi connectivity index (χ3v) is 4.09. The van der Waals surface area contributed by atoms with Crippen LogP contribution in [0.2, 0.25) is 0 Å². The molecular weight excluding hydrogens is 262 g/mol. The van der Waals surface area contributed by atoms with Gasteiger partial charge in [-0.25, -0.2) is 0 Å². The molecule has 6 heteroatoms. The number of aliphatic hydroxyl groups excluding tert-OH is 1. The number of hydroxylamine groups is 2. The van der Waals surface area contributed by atoms with E-state index in [-0.39, 0.29) is 18.4 Å². The van der Waals surface area contributed by atoms with Crippen LogP contribution in [-0.2, 0) is 14.4 Å². The first kappa shape index (κ1) is 15.0. The molecule has 1 heterocycles. The lowest BCUT2D eigenvalue weighted by Crippen LogP contribution is -2.37. The number of amides is 1. The van der Waals surface area contributed by atoms with Crippen molar-refractivity contribution in [3.63, 3.8) is 0 Å². The zero-order valence-corrected chi connectivity index (χ0v) is 11.6. The molecule has 0 spiro atoms. The van der Waals surface area contributed by atoms with E-state index in [9.17, 15) is 19.8 Å². The standard InChI is InChI=1S/C14H21NO5/c1-14(13(18)19)8-3-2-4-10(7-9-14)20-15-11(16)5-6-12(15)17/h2,4,10-11,16H,3,5-9H2,1H3,(H,18,19)/b4-2+/t10-,11?,14+/m0/s1. The van der Waals surface area contributed by atoms with Gasteiger partial charge in [0, 0.05) is 12.8 Å². The topological polar surface area (TPSA) is 87.1 Å². The lowest BCUT2D eigenvalue weighted by Gasteiger charge is -2.30. The highest BCUT2D eigenvalue weighted by atomic mass is 16.7. The lowest BCUT2D eigenvalue weighted by atomic mass is 9.79. The molecule has 0 bridgehead atoms. The molecule has 1 unspecified atom stereocenters.